The topological polar surface area (TPSA) is 46.3 Å². The third-order valence-electron chi connectivity index (χ3n) is 3.80. The molecule has 21 heavy (non-hydrogen) atoms. The second-order valence-electron chi connectivity index (χ2n) is 5.12. The molecule has 0 heterocycles. The molecular weight excluding hydrogens is 260 g/mol. The summed E-state index contributed by atoms with van der Waals surface area (Å²) in [7, 11) is 1.80. The normalized spacial score (nSPS) is 12.0. The zero-order chi connectivity index (χ0) is 15.2. The summed E-state index contributed by atoms with van der Waals surface area (Å²) in [5, 5.41) is 0. The van der Waals surface area contributed by atoms with Crippen molar-refractivity contribution in [3.63, 3.8) is 0 Å². The number of aryl methyl sites for hydroxylation is 1. The molecule has 1 amide bonds. The molecular formula is C18H22N2O. The van der Waals surface area contributed by atoms with E-state index in [2.05, 4.69) is 19.1 Å². The fourth-order valence-corrected chi connectivity index (χ4v) is 2.38. The Morgan fingerprint density at radius 2 is 1.71 bits per heavy atom. The van der Waals surface area contributed by atoms with Gasteiger partial charge in [-0.25, -0.2) is 0 Å². The van der Waals surface area contributed by atoms with Gasteiger partial charge in [0.25, 0.3) is 0 Å². The molecule has 0 saturated carbocycles. The molecule has 0 aromatic heterocycles. The van der Waals surface area contributed by atoms with E-state index >= 15 is 0 Å². The standard InChI is InChI=1S/C18H22N2O/c1-3-14-9-11-16(12-10-14)20(2)18(21)17(13-19)15-7-5-4-6-8-15/h4-12,17H,3,13,19H2,1-2H3. The van der Waals surface area contributed by atoms with Crippen molar-refractivity contribution >= 4 is 11.6 Å². The Balaban J connectivity index is 2.20. The Morgan fingerprint density at radius 3 is 2.24 bits per heavy atom. The lowest BCUT2D eigenvalue weighted by atomic mass is 9.97. The Bertz CT molecular complexity index is 578. The summed E-state index contributed by atoms with van der Waals surface area (Å²) in [5.41, 5.74) is 8.94. The molecule has 0 aliphatic rings. The molecule has 0 saturated heterocycles. The minimum atomic E-state index is -0.304. The van der Waals surface area contributed by atoms with Gasteiger partial charge in [-0.15, -0.1) is 0 Å². The number of carbonyl (C=O) groups excluding carboxylic acids is 1. The summed E-state index contributed by atoms with van der Waals surface area (Å²) in [4.78, 5) is 14.4. The lowest BCUT2D eigenvalue weighted by Crippen LogP contribution is -2.35. The maximum atomic E-state index is 12.7. The van der Waals surface area contributed by atoms with E-state index in [0.717, 1.165) is 17.7 Å². The molecule has 2 aromatic rings. The van der Waals surface area contributed by atoms with Crippen LogP contribution in [0.1, 0.15) is 24.0 Å². The quantitative estimate of drug-likeness (QED) is 0.916. The molecule has 110 valence electrons. The summed E-state index contributed by atoms with van der Waals surface area (Å²) in [6.45, 7) is 2.42. The highest BCUT2D eigenvalue weighted by Crippen LogP contribution is 2.21. The highest BCUT2D eigenvalue weighted by Gasteiger charge is 2.23. The van der Waals surface area contributed by atoms with Gasteiger partial charge in [-0.2, -0.15) is 0 Å². The molecule has 3 heteroatoms. The lowest BCUT2D eigenvalue weighted by Gasteiger charge is -2.23. The Morgan fingerprint density at radius 1 is 1.10 bits per heavy atom. The average Bonchev–Trinajstić information content (AvgIpc) is 2.56. The van der Waals surface area contributed by atoms with Crippen molar-refractivity contribution in [2.75, 3.05) is 18.5 Å². The number of nitrogens with two attached hydrogens (primary N) is 1. The number of benzene rings is 2. The molecule has 0 fully saturated rings. The smallest absolute Gasteiger partial charge is 0.235 e. The minimum absolute atomic E-state index is 0.0212. The molecule has 2 aromatic carbocycles. The molecule has 2 rings (SSSR count). The van der Waals surface area contributed by atoms with E-state index in [0.29, 0.717) is 6.54 Å². The predicted molar refractivity (Wildman–Crippen MR) is 87.5 cm³/mol. The van der Waals surface area contributed by atoms with Gasteiger partial charge in [0.05, 0.1) is 5.92 Å². The zero-order valence-corrected chi connectivity index (χ0v) is 12.6. The molecule has 0 aliphatic carbocycles. The van der Waals surface area contributed by atoms with Gasteiger partial charge in [0, 0.05) is 19.3 Å². The van der Waals surface area contributed by atoms with Crippen molar-refractivity contribution in [2.24, 2.45) is 5.73 Å². The van der Waals surface area contributed by atoms with Crippen LogP contribution in [0.4, 0.5) is 5.69 Å². The van der Waals surface area contributed by atoms with Crippen LogP contribution in [0.25, 0.3) is 0 Å². The van der Waals surface area contributed by atoms with Crippen molar-refractivity contribution in [1.82, 2.24) is 0 Å². The first-order chi connectivity index (χ1) is 10.2. The Kier molecular flexibility index (Phi) is 5.12. The van der Waals surface area contributed by atoms with Crippen LogP contribution >= 0.6 is 0 Å². The minimum Gasteiger partial charge on any atom is -0.329 e. The van der Waals surface area contributed by atoms with Crippen LogP contribution in [-0.2, 0) is 11.2 Å². The SMILES string of the molecule is CCc1ccc(N(C)C(=O)C(CN)c2ccccc2)cc1. The van der Waals surface area contributed by atoms with Crippen molar-refractivity contribution in [1.29, 1.82) is 0 Å². The van der Waals surface area contributed by atoms with E-state index in [4.69, 9.17) is 5.73 Å². The van der Waals surface area contributed by atoms with Crippen molar-refractivity contribution in [3.8, 4) is 0 Å². The fourth-order valence-electron chi connectivity index (χ4n) is 2.38. The fraction of sp³-hybridized carbons (Fsp3) is 0.278. The number of amides is 1. The summed E-state index contributed by atoms with van der Waals surface area (Å²) in [6.07, 6.45) is 0.993. The molecule has 0 spiro atoms. The van der Waals surface area contributed by atoms with Crippen LogP contribution < -0.4 is 10.6 Å². The first-order valence-corrected chi connectivity index (χ1v) is 7.29. The number of nitrogens with zero attached hydrogens (tertiary/aromatic N) is 1. The molecule has 0 radical (unpaired) electrons. The van der Waals surface area contributed by atoms with Gasteiger partial charge in [-0.1, -0.05) is 49.4 Å². The summed E-state index contributed by atoms with van der Waals surface area (Å²) in [6, 6.07) is 17.8. The third-order valence-corrected chi connectivity index (χ3v) is 3.80. The molecule has 1 atom stereocenters. The van der Waals surface area contributed by atoms with Crippen LogP contribution in [0.2, 0.25) is 0 Å². The highest BCUT2D eigenvalue weighted by atomic mass is 16.2. The second kappa shape index (κ2) is 7.04. The van der Waals surface area contributed by atoms with E-state index in [9.17, 15) is 4.79 Å². The number of likely N-dealkylation sites (N-methyl/N-ethyl adjacent to an activating group) is 1. The number of anilines is 1. The van der Waals surface area contributed by atoms with Crippen molar-refractivity contribution in [2.45, 2.75) is 19.3 Å². The average molecular weight is 282 g/mol. The van der Waals surface area contributed by atoms with E-state index < -0.39 is 0 Å². The Hall–Kier alpha value is -2.13. The number of hydrogen-bond donors (Lipinski definition) is 1. The molecule has 1 unspecified atom stereocenters. The van der Waals surface area contributed by atoms with Crippen molar-refractivity contribution in [3.05, 3.63) is 65.7 Å². The second-order valence-corrected chi connectivity index (χ2v) is 5.12. The van der Waals surface area contributed by atoms with Gasteiger partial charge >= 0.3 is 0 Å². The summed E-state index contributed by atoms with van der Waals surface area (Å²) < 4.78 is 0. The highest BCUT2D eigenvalue weighted by molar-refractivity contribution is 5.97. The van der Waals surface area contributed by atoms with Crippen LogP contribution in [0, 0.1) is 0 Å². The third kappa shape index (κ3) is 3.50. The van der Waals surface area contributed by atoms with Gasteiger partial charge in [0.2, 0.25) is 5.91 Å². The molecule has 0 aliphatic heterocycles. The van der Waals surface area contributed by atoms with E-state index in [1.807, 2.05) is 42.5 Å². The molecule has 3 nitrogen and oxygen atoms in total. The zero-order valence-electron chi connectivity index (χ0n) is 12.6. The molecule has 2 N–H and O–H groups in total. The largest absolute Gasteiger partial charge is 0.329 e. The molecule has 0 bridgehead atoms. The van der Waals surface area contributed by atoms with Gasteiger partial charge in [-0.05, 0) is 29.7 Å². The van der Waals surface area contributed by atoms with Crippen molar-refractivity contribution < 1.29 is 4.79 Å². The monoisotopic (exact) mass is 282 g/mol. The van der Waals surface area contributed by atoms with Gasteiger partial charge in [0.1, 0.15) is 0 Å². The van der Waals surface area contributed by atoms with E-state index in [1.165, 1.54) is 5.56 Å². The first-order valence-electron chi connectivity index (χ1n) is 7.29. The number of rotatable bonds is 5. The summed E-state index contributed by atoms with van der Waals surface area (Å²) >= 11 is 0. The maximum absolute atomic E-state index is 12.7. The van der Waals surface area contributed by atoms with E-state index in [-0.39, 0.29) is 11.8 Å². The van der Waals surface area contributed by atoms with E-state index in [1.54, 1.807) is 11.9 Å². The number of hydrogen-bond acceptors (Lipinski definition) is 2. The number of carbonyl (C=O) groups is 1. The van der Waals surface area contributed by atoms with Crippen LogP contribution in [0.3, 0.4) is 0 Å². The van der Waals surface area contributed by atoms with Crippen LogP contribution in [-0.4, -0.2) is 19.5 Å². The lowest BCUT2D eigenvalue weighted by molar-refractivity contribution is -0.119. The summed E-state index contributed by atoms with van der Waals surface area (Å²) in [5.74, 6) is -0.282. The van der Waals surface area contributed by atoms with Crippen LogP contribution in [0.15, 0.2) is 54.6 Å². The van der Waals surface area contributed by atoms with Crippen LogP contribution in [0.5, 0.6) is 0 Å². The van der Waals surface area contributed by atoms with Gasteiger partial charge in [-0.3, -0.25) is 4.79 Å². The Labute approximate surface area is 126 Å². The van der Waals surface area contributed by atoms with Gasteiger partial charge in [0.15, 0.2) is 0 Å². The maximum Gasteiger partial charge on any atom is 0.235 e. The predicted octanol–water partition coefficient (Wildman–Crippen LogP) is 2.95. The first kappa shape index (κ1) is 15.3. The van der Waals surface area contributed by atoms with Gasteiger partial charge < -0.3 is 10.6 Å².